The molecule has 9 heteroatoms. The van der Waals surface area contributed by atoms with Crippen LogP contribution in [0.15, 0.2) is 54.9 Å². The third-order valence-electron chi connectivity index (χ3n) is 6.24. The normalized spacial score (nSPS) is 19.2. The summed E-state index contributed by atoms with van der Waals surface area (Å²) in [5.41, 5.74) is 4.37. The molecule has 1 amide bonds. The first-order chi connectivity index (χ1) is 15.9. The van der Waals surface area contributed by atoms with Crippen LogP contribution in [0.4, 0.5) is 0 Å². The minimum absolute atomic E-state index is 0.0166. The van der Waals surface area contributed by atoms with Gasteiger partial charge in [-0.15, -0.1) is 0 Å². The van der Waals surface area contributed by atoms with Gasteiger partial charge in [-0.1, -0.05) is 18.2 Å². The standard InChI is InChI=1S/C24H26N4O4S/c1-33(30,31)28-9-6-17(7-10-28)22-16-21-20(5-8-25-23(21)26-22)18-3-2-4-19(15-18)24(29)27-11-13-32-14-12-27/h2-6,8-9,15-17H,7,10-14H2,1H3,(H,25,26). The lowest BCUT2D eigenvalue weighted by Gasteiger charge is -2.27. The largest absolute Gasteiger partial charge is 0.378 e. The number of morpholine rings is 1. The van der Waals surface area contributed by atoms with E-state index in [1.807, 2.05) is 41.3 Å². The Bertz CT molecular complexity index is 1330. The molecular weight excluding hydrogens is 440 g/mol. The zero-order chi connectivity index (χ0) is 23.0. The van der Waals surface area contributed by atoms with E-state index in [2.05, 4.69) is 16.0 Å². The van der Waals surface area contributed by atoms with Gasteiger partial charge in [0.25, 0.3) is 5.91 Å². The van der Waals surface area contributed by atoms with E-state index in [1.54, 1.807) is 12.4 Å². The summed E-state index contributed by atoms with van der Waals surface area (Å²) in [6.45, 7) is 2.80. The predicted molar refractivity (Wildman–Crippen MR) is 126 cm³/mol. The molecule has 3 aromatic rings. The monoisotopic (exact) mass is 466 g/mol. The van der Waals surface area contributed by atoms with E-state index in [1.165, 1.54) is 10.6 Å². The number of allylic oxidation sites excluding steroid dienone is 1. The molecule has 0 spiro atoms. The highest BCUT2D eigenvalue weighted by atomic mass is 32.2. The van der Waals surface area contributed by atoms with Gasteiger partial charge in [-0.3, -0.25) is 9.10 Å². The maximum absolute atomic E-state index is 13.0. The second-order valence-corrected chi connectivity index (χ2v) is 10.4. The van der Waals surface area contributed by atoms with Crippen LogP contribution in [0.3, 0.4) is 0 Å². The summed E-state index contributed by atoms with van der Waals surface area (Å²) in [6.07, 6.45) is 7.22. The van der Waals surface area contributed by atoms with Gasteiger partial charge in [0.1, 0.15) is 5.65 Å². The molecule has 5 rings (SSSR count). The Hall–Kier alpha value is -3.17. The zero-order valence-corrected chi connectivity index (χ0v) is 19.2. The highest BCUT2D eigenvalue weighted by Crippen LogP contribution is 2.33. The van der Waals surface area contributed by atoms with Crippen LogP contribution in [0.25, 0.3) is 22.2 Å². The molecule has 2 aliphatic rings. The van der Waals surface area contributed by atoms with Crippen LogP contribution < -0.4 is 0 Å². The summed E-state index contributed by atoms with van der Waals surface area (Å²) in [5, 5.41) is 0.974. The molecule has 0 aliphatic carbocycles. The fourth-order valence-electron chi connectivity index (χ4n) is 4.44. The number of aromatic nitrogens is 2. The number of sulfonamides is 1. The molecule has 33 heavy (non-hydrogen) atoms. The molecular formula is C24H26N4O4S. The van der Waals surface area contributed by atoms with Crippen molar-refractivity contribution < 1.29 is 17.9 Å². The van der Waals surface area contributed by atoms with Crippen molar-refractivity contribution in [2.24, 2.45) is 0 Å². The smallest absolute Gasteiger partial charge is 0.254 e. The summed E-state index contributed by atoms with van der Waals surface area (Å²) < 4.78 is 30.3. The van der Waals surface area contributed by atoms with Crippen molar-refractivity contribution in [3.05, 3.63) is 66.1 Å². The number of benzene rings is 1. The molecule has 2 aliphatic heterocycles. The van der Waals surface area contributed by atoms with Gasteiger partial charge in [0.15, 0.2) is 0 Å². The van der Waals surface area contributed by atoms with E-state index in [0.717, 1.165) is 27.9 Å². The van der Waals surface area contributed by atoms with Gasteiger partial charge in [0.05, 0.1) is 19.5 Å². The number of pyridine rings is 1. The number of rotatable bonds is 4. The van der Waals surface area contributed by atoms with E-state index in [4.69, 9.17) is 4.74 Å². The van der Waals surface area contributed by atoms with Gasteiger partial charge in [-0.25, -0.2) is 13.4 Å². The lowest BCUT2D eigenvalue weighted by Crippen LogP contribution is -2.40. The van der Waals surface area contributed by atoms with Crippen molar-refractivity contribution >= 4 is 27.0 Å². The van der Waals surface area contributed by atoms with E-state index < -0.39 is 10.0 Å². The number of nitrogens with zero attached hydrogens (tertiary/aromatic N) is 3. The molecule has 0 radical (unpaired) electrons. The predicted octanol–water partition coefficient (Wildman–Crippen LogP) is 2.96. The lowest BCUT2D eigenvalue weighted by molar-refractivity contribution is 0.0303. The van der Waals surface area contributed by atoms with Crippen LogP contribution in [0.2, 0.25) is 0 Å². The minimum Gasteiger partial charge on any atom is -0.378 e. The topological polar surface area (TPSA) is 95.6 Å². The molecule has 8 nitrogen and oxygen atoms in total. The van der Waals surface area contributed by atoms with Crippen molar-refractivity contribution in [3.8, 4) is 11.1 Å². The highest BCUT2D eigenvalue weighted by molar-refractivity contribution is 7.88. The Morgan fingerprint density at radius 3 is 2.70 bits per heavy atom. The number of fused-ring (bicyclic) bond motifs is 1. The summed E-state index contributed by atoms with van der Waals surface area (Å²) in [5.74, 6) is 0.0993. The van der Waals surface area contributed by atoms with Crippen LogP contribution in [-0.2, 0) is 14.8 Å². The number of aromatic amines is 1. The third-order valence-corrected chi connectivity index (χ3v) is 7.40. The third kappa shape index (κ3) is 4.38. The highest BCUT2D eigenvalue weighted by Gasteiger charge is 2.23. The maximum atomic E-state index is 13.0. The first kappa shape index (κ1) is 21.7. The number of hydrogen-bond donors (Lipinski definition) is 1. The molecule has 1 fully saturated rings. The molecule has 1 aromatic carbocycles. The van der Waals surface area contributed by atoms with Gasteiger partial charge in [-0.05, 0) is 41.8 Å². The van der Waals surface area contributed by atoms with Gasteiger partial charge in [0.2, 0.25) is 10.0 Å². The molecule has 1 N–H and O–H groups in total. The number of H-pyrrole nitrogens is 1. The molecule has 1 atom stereocenters. The number of hydrogen-bond acceptors (Lipinski definition) is 5. The average molecular weight is 467 g/mol. The van der Waals surface area contributed by atoms with Crippen molar-refractivity contribution in [1.82, 2.24) is 19.2 Å². The van der Waals surface area contributed by atoms with Gasteiger partial charge >= 0.3 is 0 Å². The first-order valence-electron chi connectivity index (χ1n) is 11.0. The Morgan fingerprint density at radius 1 is 1.15 bits per heavy atom. The molecule has 1 saturated heterocycles. The summed E-state index contributed by atoms with van der Waals surface area (Å²) in [6, 6.07) is 11.7. The van der Waals surface area contributed by atoms with Crippen molar-refractivity contribution in [3.63, 3.8) is 0 Å². The SMILES string of the molecule is CS(=O)(=O)N1C=CC(c2cc3c(-c4cccc(C(=O)N5CCOCC5)c4)ccnc3[nH]2)CC1. The number of amides is 1. The summed E-state index contributed by atoms with van der Waals surface area (Å²) in [4.78, 5) is 22.7. The van der Waals surface area contributed by atoms with E-state index in [-0.39, 0.29) is 11.8 Å². The Morgan fingerprint density at radius 2 is 1.97 bits per heavy atom. The van der Waals surface area contributed by atoms with Crippen molar-refractivity contribution in [1.29, 1.82) is 0 Å². The summed E-state index contributed by atoms with van der Waals surface area (Å²) >= 11 is 0. The van der Waals surface area contributed by atoms with Crippen LogP contribution in [0.5, 0.6) is 0 Å². The van der Waals surface area contributed by atoms with Crippen LogP contribution >= 0.6 is 0 Å². The van der Waals surface area contributed by atoms with Crippen molar-refractivity contribution in [2.75, 3.05) is 39.1 Å². The zero-order valence-electron chi connectivity index (χ0n) is 18.4. The molecule has 0 saturated carbocycles. The van der Waals surface area contributed by atoms with E-state index >= 15 is 0 Å². The van der Waals surface area contributed by atoms with Crippen molar-refractivity contribution in [2.45, 2.75) is 12.3 Å². The van der Waals surface area contributed by atoms with Crippen LogP contribution in [-0.4, -0.2) is 72.6 Å². The fraction of sp³-hybridized carbons (Fsp3) is 0.333. The second-order valence-electron chi connectivity index (χ2n) is 8.44. The molecule has 1 unspecified atom stereocenters. The molecule has 4 heterocycles. The van der Waals surface area contributed by atoms with Gasteiger partial charge in [-0.2, -0.15) is 0 Å². The minimum atomic E-state index is -3.23. The molecule has 172 valence electrons. The number of ether oxygens (including phenoxy) is 1. The number of nitrogens with one attached hydrogen (secondary N) is 1. The Balaban J connectivity index is 1.45. The number of carbonyl (C=O) groups excluding carboxylic acids is 1. The molecule has 0 bridgehead atoms. The van der Waals surface area contributed by atoms with E-state index in [9.17, 15) is 13.2 Å². The molecule has 2 aromatic heterocycles. The fourth-order valence-corrected chi connectivity index (χ4v) is 5.17. The van der Waals surface area contributed by atoms with Crippen LogP contribution in [0, 0.1) is 0 Å². The van der Waals surface area contributed by atoms with Gasteiger partial charge in [0, 0.05) is 54.6 Å². The number of carbonyl (C=O) groups is 1. The summed E-state index contributed by atoms with van der Waals surface area (Å²) in [7, 11) is -3.23. The van der Waals surface area contributed by atoms with Crippen LogP contribution in [0.1, 0.15) is 28.4 Å². The Labute approximate surface area is 192 Å². The second kappa shape index (κ2) is 8.64. The quantitative estimate of drug-likeness (QED) is 0.638. The van der Waals surface area contributed by atoms with E-state index in [0.29, 0.717) is 44.8 Å². The maximum Gasteiger partial charge on any atom is 0.254 e. The Kier molecular flexibility index (Phi) is 5.67. The van der Waals surface area contributed by atoms with Gasteiger partial charge < -0.3 is 14.6 Å². The first-order valence-corrected chi connectivity index (χ1v) is 12.9. The lowest BCUT2D eigenvalue weighted by atomic mass is 9.97. The average Bonchev–Trinajstić information content (AvgIpc) is 3.28.